The molecular weight excluding hydrogens is 300 g/mol. The lowest BCUT2D eigenvalue weighted by atomic mass is 10.3. The Bertz CT molecular complexity index is 696. The molecule has 0 spiro atoms. The number of nitrogens with zero attached hydrogens (tertiary/aromatic N) is 5. The largest absolute Gasteiger partial charge is 0.479 e. The van der Waals surface area contributed by atoms with Gasteiger partial charge in [0.25, 0.3) is 5.91 Å². The van der Waals surface area contributed by atoms with Crippen molar-refractivity contribution in [1.82, 2.24) is 19.7 Å². The molecule has 0 unspecified atom stereocenters. The fourth-order valence-electron chi connectivity index (χ4n) is 2.34. The Morgan fingerprint density at radius 2 is 2.13 bits per heavy atom. The lowest BCUT2D eigenvalue weighted by molar-refractivity contribution is 0.102. The molecule has 1 aliphatic rings. The molecule has 9 nitrogen and oxygen atoms in total. The third-order valence-electron chi connectivity index (χ3n) is 3.46. The molecule has 1 aliphatic heterocycles. The van der Waals surface area contributed by atoms with Gasteiger partial charge in [-0.25, -0.2) is 9.97 Å². The third-order valence-corrected chi connectivity index (χ3v) is 3.46. The van der Waals surface area contributed by atoms with Crippen LogP contribution in [-0.4, -0.2) is 59.1 Å². The lowest BCUT2D eigenvalue weighted by Gasteiger charge is -2.27. The van der Waals surface area contributed by atoms with Gasteiger partial charge in [-0.1, -0.05) is 0 Å². The number of rotatable bonds is 4. The zero-order chi connectivity index (χ0) is 16.2. The van der Waals surface area contributed by atoms with E-state index in [9.17, 15) is 4.79 Å². The van der Waals surface area contributed by atoms with E-state index in [4.69, 9.17) is 9.47 Å². The molecule has 0 aromatic carbocycles. The maximum Gasteiger partial charge on any atom is 0.263 e. The lowest BCUT2D eigenvalue weighted by Crippen LogP contribution is -2.36. The van der Waals surface area contributed by atoms with Crippen LogP contribution in [0.15, 0.2) is 18.6 Å². The average Bonchev–Trinajstić information content (AvgIpc) is 2.97. The van der Waals surface area contributed by atoms with E-state index in [0.717, 1.165) is 18.9 Å². The van der Waals surface area contributed by atoms with Crippen LogP contribution in [-0.2, 0) is 11.8 Å². The first-order valence-corrected chi connectivity index (χ1v) is 7.21. The summed E-state index contributed by atoms with van der Waals surface area (Å²) < 4.78 is 11.9. The number of nitrogens with one attached hydrogen (secondary N) is 1. The first-order chi connectivity index (χ1) is 11.2. The van der Waals surface area contributed by atoms with E-state index >= 15 is 0 Å². The van der Waals surface area contributed by atoms with Crippen LogP contribution in [0.5, 0.6) is 5.88 Å². The van der Waals surface area contributed by atoms with Gasteiger partial charge < -0.3 is 19.7 Å². The second-order valence-electron chi connectivity index (χ2n) is 5.04. The average molecular weight is 318 g/mol. The highest BCUT2D eigenvalue weighted by Gasteiger charge is 2.18. The van der Waals surface area contributed by atoms with Gasteiger partial charge in [-0.05, 0) is 0 Å². The molecule has 1 amide bonds. The highest BCUT2D eigenvalue weighted by Crippen LogP contribution is 2.19. The van der Waals surface area contributed by atoms with Gasteiger partial charge in [0.05, 0.1) is 20.3 Å². The highest BCUT2D eigenvalue weighted by atomic mass is 16.5. The van der Waals surface area contributed by atoms with Gasteiger partial charge in [-0.2, -0.15) is 0 Å². The van der Waals surface area contributed by atoms with Gasteiger partial charge in [0.1, 0.15) is 23.5 Å². The molecule has 0 atom stereocenters. The first kappa shape index (κ1) is 15.2. The van der Waals surface area contributed by atoms with Gasteiger partial charge in [0.2, 0.25) is 5.88 Å². The second-order valence-corrected chi connectivity index (χ2v) is 5.04. The number of aryl methyl sites for hydroxylation is 1. The summed E-state index contributed by atoms with van der Waals surface area (Å²) in [6, 6.07) is 1.74. The van der Waals surface area contributed by atoms with Crippen LogP contribution in [0.1, 0.15) is 10.4 Å². The Morgan fingerprint density at radius 3 is 2.87 bits per heavy atom. The normalized spacial score (nSPS) is 14.6. The molecule has 0 bridgehead atoms. The minimum atomic E-state index is -0.332. The smallest absolute Gasteiger partial charge is 0.263 e. The molecule has 0 saturated carbocycles. The van der Waals surface area contributed by atoms with Crippen molar-refractivity contribution in [3.05, 3.63) is 24.2 Å². The van der Waals surface area contributed by atoms with E-state index in [-0.39, 0.29) is 11.8 Å². The SMILES string of the molecule is COc1nn(C)cc1C(=O)Nc1cc(N2CCOCC2)ncn1. The zero-order valence-electron chi connectivity index (χ0n) is 13.0. The molecule has 9 heteroatoms. The summed E-state index contributed by atoms with van der Waals surface area (Å²) in [5.74, 6) is 1.13. The van der Waals surface area contributed by atoms with E-state index in [1.165, 1.54) is 18.1 Å². The fraction of sp³-hybridized carbons (Fsp3) is 0.429. The Balaban J connectivity index is 1.75. The summed E-state index contributed by atoms with van der Waals surface area (Å²) in [5, 5.41) is 6.81. The van der Waals surface area contributed by atoms with Crippen LogP contribution in [0.3, 0.4) is 0 Å². The number of aromatic nitrogens is 4. The summed E-state index contributed by atoms with van der Waals surface area (Å²) in [6.07, 6.45) is 3.03. The van der Waals surface area contributed by atoms with Crippen LogP contribution >= 0.6 is 0 Å². The zero-order valence-corrected chi connectivity index (χ0v) is 13.0. The van der Waals surface area contributed by atoms with E-state index in [1.807, 2.05) is 0 Å². The monoisotopic (exact) mass is 318 g/mol. The topological polar surface area (TPSA) is 94.4 Å². The third kappa shape index (κ3) is 3.39. The molecule has 2 aromatic heterocycles. The Hall–Kier alpha value is -2.68. The first-order valence-electron chi connectivity index (χ1n) is 7.21. The van der Waals surface area contributed by atoms with Crippen molar-refractivity contribution in [2.75, 3.05) is 43.6 Å². The van der Waals surface area contributed by atoms with Crippen molar-refractivity contribution in [2.45, 2.75) is 0 Å². The van der Waals surface area contributed by atoms with Crippen LogP contribution in [0, 0.1) is 0 Å². The molecule has 0 aliphatic carbocycles. The number of amides is 1. The molecule has 1 N–H and O–H groups in total. The summed E-state index contributed by atoms with van der Waals surface area (Å²) in [6.45, 7) is 2.86. The minimum absolute atomic E-state index is 0.271. The minimum Gasteiger partial charge on any atom is -0.479 e. The highest BCUT2D eigenvalue weighted by molar-refractivity contribution is 6.05. The number of methoxy groups -OCH3 is 1. The van der Waals surface area contributed by atoms with Gasteiger partial charge in [-0.15, -0.1) is 5.10 Å². The Labute approximate surface area is 133 Å². The Kier molecular flexibility index (Phi) is 4.38. The van der Waals surface area contributed by atoms with E-state index < -0.39 is 0 Å². The molecule has 2 aromatic rings. The van der Waals surface area contributed by atoms with Crippen molar-refractivity contribution >= 4 is 17.5 Å². The van der Waals surface area contributed by atoms with Crippen LogP contribution in [0.4, 0.5) is 11.6 Å². The number of hydrogen-bond donors (Lipinski definition) is 1. The van der Waals surface area contributed by atoms with Crippen molar-refractivity contribution < 1.29 is 14.3 Å². The quantitative estimate of drug-likeness (QED) is 0.867. The molecular formula is C14H18N6O3. The van der Waals surface area contributed by atoms with Gasteiger partial charge in [0.15, 0.2) is 0 Å². The fourth-order valence-corrected chi connectivity index (χ4v) is 2.34. The van der Waals surface area contributed by atoms with E-state index in [2.05, 4.69) is 25.3 Å². The molecule has 3 heterocycles. The molecule has 1 saturated heterocycles. The standard InChI is InChI=1S/C14H18N6O3/c1-19-8-10(14(18-19)22-2)13(21)17-11-7-12(16-9-15-11)20-3-5-23-6-4-20/h7-9H,3-6H2,1-2H3,(H,15,16,17,21). The summed E-state index contributed by atoms with van der Waals surface area (Å²) in [5.41, 5.74) is 0.349. The van der Waals surface area contributed by atoms with Crippen molar-refractivity contribution in [3.8, 4) is 5.88 Å². The van der Waals surface area contributed by atoms with E-state index in [1.54, 1.807) is 19.3 Å². The number of carbonyl (C=O) groups is 1. The van der Waals surface area contributed by atoms with Gasteiger partial charge in [0, 0.05) is 32.4 Å². The number of ether oxygens (including phenoxy) is 2. The molecule has 0 radical (unpaired) electrons. The molecule has 122 valence electrons. The van der Waals surface area contributed by atoms with Crippen molar-refractivity contribution in [1.29, 1.82) is 0 Å². The second kappa shape index (κ2) is 6.61. The predicted molar refractivity (Wildman–Crippen MR) is 82.8 cm³/mol. The molecule has 3 rings (SSSR count). The summed E-state index contributed by atoms with van der Waals surface area (Å²) in [7, 11) is 3.20. The van der Waals surface area contributed by atoms with Crippen molar-refractivity contribution in [2.24, 2.45) is 7.05 Å². The number of anilines is 2. The van der Waals surface area contributed by atoms with Gasteiger partial charge in [-0.3, -0.25) is 9.48 Å². The number of morpholine rings is 1. The number of carbonyl (C=O) groups excluding carboxylic acids is 1. The summed E-state index contributed by atoms with van der Waals surface area (Å²) in [4.78, 5) is 22.8. The number of hydrogen-bond acceptors (Lipinski definition) is 7. The predicted octanol–water partition coefficient (Wildman–Crippen LogP) is 0.308. The maximum absolute atomic E-state index is 12.4. The Morgan fingerprint density at radius 1 is 1.35 bits per heavy atom. The summed E-state index contributed by atoms with van der Waals surface area (Å²) >= 11 is 0. The van der Waals surface area contributed by atoms with Crippen molar-refractivity contribution in [3.63, 3.8) is 0 Å². The van der Waals surface area contributed by atoms with Crippen LogP contribution in [0.2, 0.25) is 0 Å². The van der Waals surface area contributed by atoms with Gasteiger partial charge >= 0.3 is 0 Å². The molecule has 23 heavy (non-hydrogen) atoms. The molecule has 1 fully saturated rings. The van der Waals surface area contributed by atoms with E-state index in [0.29, 0.717) is 24.6 Å². The van der Waals surface area contributed by atoms with Crippen LogP contribution < -0.4 is 15.0 Å². The van der Waals surface area contributed by atoms with Crippen LogP contribution in [0.25, 0.3) is 0 Å². The maximum atomic E-state index is 12.4.